The van der Waals surface area contributed by atoms with E-state index in [1.807, 2.05) is 17.6 Å². The quantitative estimate of drug-likeness (QED) is 0.877. The van der Waals surface area contributed by atoms with Gasteiger partial charge in [0.15, 0.2) is 0 Å². The molecular weight excluding hydrogens is 320 g/mol. The van der Waals surface area contributed by atoms with Crippen LogP contribution in [-0.2, 0) is 17.9 Å². The number of amides is 1. The van der Waals surface area contributed by atoms with Gasteiger partial charge < -0.3 is 5.32 Å². The van der Waals surface area contributed by atoms with Crippen LogP contribution in [0.5, 0.6) is 0 Å². The Hall–Kier alpha value is -1.66. The number of hydrogen-bond donors (Lipinski definition) is 1. The molecule has 0 bridgehead atoms. The molecule has 2 aromatic heterocycles. The molecule has 0 aromatic carbocycles. The second-order valence-corrected chi connectivity index (χ2v) is 8.00. The van der Waals surface area contributed by atoms with E-state index in [1.54, 1.807) is 11.3 Å². The fraction of sp³-hybridized carbons (Fsp3) is 0.556. The van der Waals surface area contributed by atoms with Crippen molar-refractivity contribution >= 4 is 17.2 Å². The lowest BCUT2D eigenvalue weighted by molar-refractivity contribution is -0.122. The predicted octanol–water partition coefficient (Wildman–Crippen LogP) is 2.81. The van der Waals surface area contributed by atoms with Gasteiger partial charge in [-0.3, -0.25) is 14.4 Å². The van der Waals surface area contributed by atoms with Gasteiger partial charge in [-0.1, -0.05) is 12.5 Å². The predicted molar refractivity (Wildman–Crippen MR) is 94.7 cm³/mol. The SMILES string of the molecule is O=C(C[C@@H]1CN(CC2CCC2)Cc2ccnn21)NCc1cccs1. The molecule has 1 aliphatic heterocycles. The van der Waals surface area contributed by atoms with Crippen molar-refractivity contribution in [2.45, 2.75) is 44.8 Å². The van der Waals surface area contributed by atoms with E-state index in [2.05, 4.69) is 32.1 Å². The Morgan fingerprint density at radius 3 is 3.04 bits per heavy atom. The third-order valence-electron chi connectivity index (χ3n) is 5.15. The first-order valence-corrected chi connectivity index (χ1v) is 9.70. The smallest absolute Gasteiger partial charge is 0.222 e. The Bertz CT molecular complexity index is 677. The zero-order valence-corrected chi connectivity index (χ0v) is 14.7. The molecule has 1 atom stereocenters. The molecule has 24 heavy (non-hydrogen) atoms. The van der Waals surface area contributed by atoms with E-state index < -0.39 is 0 Å². The van der Waals surface area contributed by atoms with Crippen LogP contribution >= 0.6 is 11.3 Å². The van der Waals surface area contributed by atoms with Gasteiger partial charge in [0.1, 0.15) is 0 Å². The molecule has 5 nitrogen and oxygen atoms in total. The molecule has 0 saturated heterocycles. The Balaban J connectivity index is 1.36. The molecule has 6 heteroatoms. The molecule has 1 aliphatic carbocycles. The van der Waals surface area contributed by atoms with Crippen LogP contribution in [0.15, 0.2) is 29.8 Å². The van der Waals surface area contributed by atoms with Gasteiger partial charge in [-0.25, -0.2) is 0 Å². The van der Waals surface area contributed by atoms with E-state index in [0.29, 0.717) is 13.0 Å². The molecule has 1 N–H and O–H groups in total. The monoisotopic (exact) mass is 344 g/mol. The summed E-state index contributed by atoms with van der Waals surface area (Å²) >= 11 is 1.68. The van der Waals surface area contributed by atoms with Gasteiger partial charge in [0, 0.05) is 30.7 Å². The number of nitrogens with zero attached hydrogens (tertiary/aromatic N) is 3. The van der Waals surface area contributed by atoms with Crippen molar-refractivity contribution in [3.05, 3.63) is 40.3 Å². The van der Waals surface area contributed by atoms with E-state index >= 15 is 0 Å². The topological polar surface area (TPSA) is 50.2 Å². The summed E-state index contributed by atoms with van der Waals surface area (Å²) < 4.78 is 2.06. The third-order valence-corrected chi connectivity index (χ3v) is 6.03. The van der Waals surface area contributed by atoms with Crippen LogP contribution in [0, 0.1) is 5.92 Å². The van der Waals surface area contributed by atoms with Gasteiger partial charge in [0.25, 0.3) is 0 Å². The van der Waals surface area contributed by atoms with Gasteiger partial charge in [0.2, 0.25) is 5.91 Å². The van der Waals surface area contributed by atoms with E-state index in [-0.39, 0.29) is 11.9 Å². The summed E-state index contributed by atoms with van der Waals surface area (Å²) in [4.78, 5) is 16.1. The van der Waals surface area contributed by atoms with Crippen molar-refractivity contribution in [2.24, 2.45) is 5.92 Å². The molecule has 4 rings (SSSR count). The number of nitrogens with one attached hydrogen (secondary N) is 1. The lowest BCUT2D eigenvalue weighted by Gasteiger charge is -2.38. The number of thiophene rings is 1. The fourth-order valence-electron chi connectivity index (χ4n) is 3.68. The molecule has 2 aromatic rings. The summed E-state index contributed by atoms with van der Waals surface area (Å²) in [7, 11) is 0. The van der Waals surface area contributed by atoms with Gasteiger partial charge >= 0.3 is 0 Å². The van der Waals surface area contributed by atoms with Crippen molar-refractivity contribution in [1.82, 2.24) is 20.0 Å². The largest absolute Gasteiger partial charge is 0.351 e. The summed E-state index contributed by atoms with van der Waals surface area (Å²) in [6.07, 6.45) is 6.47. The molecule has 0 spiro atoms. The maximum atomic E-state index is 12.4. The van der Waals surface area contributed by atoms with E-state index in [0.717, 1.165) is 19.0 Å². The highest BCUT2D eigenvalue weighted by molar-refractivity contribution is 7.09. The molecule has 2 aliphatic rings. The van der Waals surface area contributed by atoms with Crippen LogP contribution in [-0.4, -0.2) is 33.7 Å². The minimum absolute atomic E-state index is 0.111. The molecular formula is C18H24N4OS. The third kappa shape index (κ3) is 3.54. The first-order valence-electron chi connectivity index (χ1n) is 8.82. The fourth-order valence-corrected chi connectivity index (χ4v) is 4.32. The summed E-state index contributed by atoms with van der Waals surface area (Å²) in [5, 5.41) is 9.54. The average Bonchev–Trinajstić information content (AvgIpc) is 3.20. The summed E-state index contributed by atoms with van der Waals surface area (Å²) in [5.41, 5.74) is 1.23. The van der Waals surface area contributed by atoms with E-state index in [9.17, 15) is 4.79 Å². The summed E-state index contributed by atoms with van der Waals surface area (Å²) in [6.45, 7) is 3.68. The van der Waals surface area contributed by atoms with Crippen molar-refractivity contribution in [3.63, 3.8) is 0 Å². The van der Waals surface area contributed by atoms with Crippen LogP contribution in [0.4, 0.5) is 0 Å². The zero-order valence-electron chi connectivity index (χ0n) is 13.9. The van der Waals surface area contributed by atoms with E-state index in [4.69, 9.17) is 0 Å². The maximum Gasteiger partial charge on any atom is 0.222 e. The van der Waals surface area contributed by atoms with Crippen LogP contribution < -0.4 is 5.32 Å². The van der Waals surface area contributed by atoms with Gasteiger partial charge in [-0.2, -0.15) is 5.10 Å². The summed E-state index contributed by atoms with van der Waals surface area (Å²) in [6, 6.07) is 6.30. The first kappa shape index (κ1) is 15.8. The minimum Gasteiger partial charge on any atom is -0.351 e. The highest BCUT2D eigenvalue weighted by Crippen LogP contribution is 2.30. The Morgan fingerprint density at radius 2 is 2.29 bits per heavy atom. The maximum absolute atomic E-state index is 12.4. The van der Waals surface area contributed by atoms with Gasteiger partial charge in [0.05, 0.1) is 24.7 Å². The van der Waals surface area contributed by atoms with Crippen LogP contribution in [0.3, 0.4) is 0 Å². The highest BCUT2D eigenvalue weighted by atomic mass is 32.1. The standard InChI is InChI=1S/C18H24N4OS/c23-18(19-10-17-5-2-8-24-17)9-16-13-21(11-14-3-1-4-14)12-15-6-7-20-22(15)16/h2,5-8,14,16H,1,3-4,9-13H2,(H,19,23)/t16-/m1/s1. The van der Waals surface area contributed by atoms with Crippen molar-refractivity contribution in [1.29, 1.82) is 0 Å². The van der Waals surface area contributed by atoms with Crippen molar-refractivity contribution in [2.75, 3.05) is 13.1 Å². The van der Waals surface area contributed by atoms with Crippen molar-refractivity contribution in [3.8, 4) is 0 Å². The average molecular weight is 344 g/mol. The molecule has 1 fully saturated rings. The van der Waals surface area contributed by atoms with Crippen LogP contribution in [0.25, 0.3) is 0 Å². The second-order valence-electron chi connectivity index (χ2n) is 6.97. The first-order chi connectivity index (χ1) is 11.8. The zero-order chi connectivity index (χ0) is 16.4. The molecule has 3 heterocycles. The molecule has 128 valence electrons. The number of hydrogen-bond acceptors (Lipinski definition) is 4. The van der Waals surface area contributed by atoms with Crippen molar-refractivity contribution < 1.29 is 4.79 Å². The minimum atomic E-state index is 0.111. The molecule has 1 amide bonds. The lowest BCUT2D eigenvalue weighted by Crippen LogP contribution is -2.42. The summed E-state index contributed by atoms with van der Waals surface area (Å²) in [5.74, 6) is 0.966. The normalized spacial score (nSPS) is 21.2. The Kier molecular flexibility index (Phi) is 4.67. The molecule has 0 radical (unpaired) electrons. The second kappa shape index (κ2) is 7.07. The molecule has 1 saturated carbocycles. The Morgan fingerprint density at radius 1 is 1.38 bits per heavy atom. The number of carbonyl (C=O) groups excluding carboxylic acids is 1. The van der Waals surface area contributed by atoms with Crippen LogP contribution in [0.2, 0.25) is 0 Å². The van der Waals surface area contributed by atoms with Crippen LogP contribution in [0.1, 0.15) is 42.3 Å². The number of rotatable bonds is 6. The van der Waals surface area contributed by atoms with Gasteiger partial charge in [-0.05, 0) is 36.3 Å². The van der Waals surface area contributed by atoms with E-state index in [1.165, 1.54) is 36.4 Å². The highest BCUT2D eigenvalue weighted by Gasteiger charge is 2.29. The Labute approximate surface area is 146 Å². The van der Waals surface area contributed by atoms with Gasteiger partial charge in [-0.15, -0.1) is 11.3 Å². The molecule has 0 unspecified atom stereocenters. The lowest BCUT2D eigenvalue weighted by atomic mass is 9.85. The number of carbonyl (C=O) groups is 1. The number of aromatic nitrogens is 2. The number of fused-ring (bicyclic) bond motifs is 1.